The summed E-state index contributed by atoms with van der Waals surface area (Å²) < 4.78 is 0. The second kappa shape index (κ2) is 4.43. The van der Waals surface area contributed by atoms with Crippen LogP contribution in [0, 0.1) is 6.92 Å². The van der Waals surface area contributed by atoms with Crippen LogP contribution in [0.2, 0.25) is 0 Å². The molecule has 1 heteroatoms. The Balaban J connectivity index is 2.51. The van der Waals surface area contributed by atoms with E-state index in [-0.39, 0.29) is 0 Å². The fourth-order valence-electron chi connectivity index (χ4n) is 1.94. The molecule has 0 aliphatic heterocycles. The van der Waals surface area contributed by atoms with E-state index in [0.29, 0.717) is 0 Å². The van der Waals surface area contributed by atoms with Gasteiger partial charge in [0.25, 0.3) is 0 Å². The van der Waals surface area contributed by atoms with Gasteiger partial charge in [-0.15, -0.1) is 0 Å². The summed E-state index contributed by atoms with van der Waals surface area (Å²) in [6.07, 6.45) is 5.54. The number of hydrogen-bond acceptors (Lipinski definition) is 1. The highest BCUT2D eigenvalue weighted by atomic mass is 14.7. The van der Waals surface area contributed by atoms with Gasteiger partial charge >= 0.3 is 0 Å². The van der Waals surface area contributed by atoms with Crippen molar-refractivity contribution in [3.63, 3.8) is 0 Å². The van der Waals surface area contributed by atoms with Gasteiger partial charge in [-0.1, -0.05) is 37.6 Å². The zero-order valence-electron chi connectivity index (χ0n) is 9.46. The summed E-state index contributed by atoms with van der Waals surface area (Å²) in [6, 6.07) is 8.56. The summed E-state index contributed by atoms with van der Waals surface area (Å²) in [5.41, 5.74) is 2.52. The SMILES string of the molecule is CCCCc1ncc(C)c2ccccc12. The monoisotopic (exact) mass is 199 g/mol. The normalized spacial score (nSPS) is 10.8. The first kappa shape index (κ1) is 10.2. The summed E-state index contributed by atoms with van der Waals surface area (Å²) in [5, 5.41) is 2.67. The molecule has 0 bridgehead atoms. The molecule has 0 saturated heterocycles. The van der Waals surface area contributed by atoms with Crippen LogP contribution < -0.4 is 0 Å². The first-order valence-corrected chi connectivity index (χ1v) is 5.66. The molecule has 2 aromatic rings. The van der Waals surface area contributed by atoms with Crippen LogP contribution in [0.1, 0.15) is 31.0 Å². The Morgan fingerprint density at radius 3 is 2.60 bits per heavy atom. The summed E-state index contributed by atoms with van der Waals surface area (Å²) in [7, 11) is 0. The van der Waals surface area contributed by atoms with E-state index in [1.165, 1.54) is 34.9 Å². The summed E-state index contributed by atoms with van der Waals surface area (Å²) in [5.74, 6) is 0. The Hall–Kier alpha value is -1.37. The van der Waals surface area contributed by atoms with Gasteiger partial charge in [-0.2, -0.15) is 0 Å². The molecule has 0 aliphatic rings. The molecular weight excluding hydrogens is 182 g/mol. The third-order valence-electron chi connectivity index (χ3n) is 2.84. The second-order valence-electron chi connectivity index (χ2n) is 4.04. The number of benzene rings is 1. The van der Waals surface area contributed by atoms with Gasteiger partial charge in [0.2, 0.25) is 0 Å². The fraction of sp³-hybridized carbons (Fsp3) is 0.357. The molecule has 0 radical (unpaired) electrons. The minimum atomic E-state index is 1.09. The molecule has 1 nitrogen and oxygen atoms in total. The van der Waals surface area contributed by atoms with Gasteiger partial charge in [-0.25, -0.2) is 0 Å². The molecule has 1 aromatic carbocycles. The van der Waals surface area contributed by atoms with E-state index in [1.807, 2.05) is 6.20 Å². The zero-order valence-corrected chi connectivity index (χ0v) is 9.46. The maximum atomic E-state index is 4.54. The number of fused-ring (bicyclic) bond motifs is 1. The molecule has 0 fully saturated rings. The molecule has 0 saturated carbocycles. The summed E-state index contributed by atoms with van der Waals surface area (Å²) >= 11 is 0. The number of nitrogens with zero attached hydrogens (tertiary/aromatic N) is 1. The first-order valence-electron chi connectivity index (χ1n) is 5.66. The molecule has 0 spiro atoms. The van der Waals surface area contributed by atoms with E-state index in [4.69, 9.17) is 0 Å². The van der Waals surface area contributed by atoms with Crippen molar-refractivity contribution in [2.24, 2.45) is 0 Å². The van der Waals surface area contributed by atoms with Crippen molar-refractivity contribution in [1.29, 1.82) is 0 Å². The van der Waals surface area contributed by atoms with E-state index >= 15 is 0 Å². The van der Waals surface area contributed by atoms with E-state index in [9.17, 15) is 0 Å². The van der Waals surface area contributed by atoms with E-state index in [2.05, 4.69) is 43.1 Å². The van der Waals surface area contributed by atoms with Crippen molar-refractivity contribution in [2.45, 2.75) is 33.1 Å². The third-order valence-corrected chi connectivity index (χ3v) is 2.84. The van der Waals surface area contributed by atoms with Crippen molar-refractivity contribution in [3.05, 3.63) is 41.7 Å². The topological polar surface area (TPSA) is 12.9 Å². The molecule has 0 amide bonds. The lowest BCUT2D eigenvalue weighted by Crippen LogP contribution is -1.93. The summed E-state index contributed by atoms with van der Waals surface area (Å²) in [4.78, 5) is 4.54. The quantitative estimate of drug-likeness (QED) is 0.731. The maximum Gasteiger partial charge on any atom is 0.0482 e. The van der Waals surface area contributed by atoms with Gasteiger partial charge in [0.1, 0.15) is 0 Å². The molecule has 2 rings (SSSR count). The molecule has 0 N–H and O–H groups in total. The standard InChI is InChI=1S/C14H17N/c1-3-4-9-14-13-8-6-5-7-12(13)11(2)10-15-14/h5-8,10H,3-4,9H2,1-2H3. The maximum absolute atomic E-state index is 4.54. The minimum absolute atomic E-state index is 1.09. The van der Waals surface area contributed by atoms with Crippen LogP contribution in [-0.4, -0.2) is 4.98 Å². The van der Waals surface area contributed by atoms with E-state index in [0.717, 1.165) is 6.42 Å². The van der Waals surface area contributed by atoms with Crippen LogP contribution in [0.4, 0.5) is 0 Å². The fourth-order valence-corrected chi connectivity index (χ4v) is 1.94. The van der Waals surface area contributed by atoms with Gasteiger partial charge in [-0.05, 0) is 30.7 Å². The highest BCUT2D eigenvalue weighted by Crippen LogP contribution is 2.21. The molecule has 15 heavy (non-hydrogen) atoms. The molecule has 1 aromatic heterocycles. The van der Waals surface area contributed by atoms with Crippen LogP contribution in [0.5, 0.6) is 0 Å². The molecule has 1 heterocycles. The van der Waals surface area contributed by atoms with Crippen LogP contribution in [0.25, 0.3) is 10.8 Å². The lowest BCUT2D eigenvalue weighted by Gasteiger charge is -2.07. The largest absolute Gasteiger partial charge is 0.260 e. The average molecular weight is 199 g/mol. The van der Waals surface area contributed by atoms with Crippen LogP contribution in [0.3, 0.4) is 0 Å². The third kappa shape index (κ3) is 2.01. The Morgan fingerprint density at radius 1 is 1.13 bits per heavy atom. The second-order valence-corrected chi connectivity index (χ2v) is 4.04. The molecular formula is C14H17N. The number of aryl methyl sites for hydroxylation is 2. The van der Waals surface area contributed by atoms with Gasteiger partial charge < -0.3 is 0 Å². The predicted molar refractivity (Wildman–Crippen MR) is 65.1 cm³/mol. The van der Waals surface area contributed by atoms with Crippen molar-refractivity contribution in [3.8, 4) is 0 Å². The predicted octanol–water partition coefficient (Wildman–Crippen LogP) is 3.89. The number of rotatable bonds is 3. The van der Waals surface area contributed by atoms with Gasteiger partial charge in [0.05, 0.1) is 0 Å². The minimum Gasteiger partial charge on any atom is -0.260 e. The Bertz CT molecular complexity index is 460. The van der Waals surface area contributed by atoms with Crippen LogP contribution >= 0.6 is 0 Å². The van der Waals surface area contributed by atoms with Crippen LogP contribution in [-0.2, 0) is 6.42 Å². The van der Waals surface area contributed by atoms with Gasteiger partial charge in [0.15, 0.2) is 0 Å². The molecule has 0 unspecified atom stereocenters. The van der Waals surface area contributed by atoms with Crippen molar-refractivity contribution < 1.29 is 0 Å². The Morgan fingerprint density at radius 2 is 1.87 bits per heavy atom. The first-order chi connectivity index (χ1) is 7.33. The van der Waals surface area contributed by atoms with Crippen molar-refractivity contribution >= 4 is 10.8 Å². The number of aromatic nitrogens is 1. The van der Waals surface area contributed by atoms with Gasteiger partial charge in [-0.3, -0.25) is 4.98 Å². The molecule has 78 valence electrons. The lowest BCUT2D eigenvalue weighted by atomic mass is 10.0. The zero-order chi connectivity index (χ0) is 10.7. The van der Waals surface area contributed by atoms with Crippen molar-refractivity contribution in [2.75, 3.05) is 0 Å². The van der Waals surface area contributed by atoms with Gasteiger partial charge in [0, 0.05) is 17.3 Å². The molecule has 0 aliphatic carbocycles. The number of pyridine rings is 1. The van der Waals surface area contributed by atoms with Crippen molar-refractivity contribution in [1.82, 2.24) is 4.98 Å². The highest BCUT2D eigenvalue weighted by molar-refractivity contribution is 5.87. The van der Waals surface area contributed by atoms with E-state index in [1.54, 1.807) is 0 Å². The Kier molecular flexibility index (Phi) is 3.00. The smallest absolute Gasteiger partial charge is 0.0482 e. The van der Waals surface area contributed by atoms with E-state index < -0.39 is 0 Å². The number of hydrogen-bond donors (Lipinski definition) is 0. The summed E-state index contributed by atoms with van der Waals surface area (Å²) in [6.45, 7) is 4.34. The highest BCUT2D eigenvalue weighted by Gasteiger charge is 2.03. The average Bonchev–Trinajstić information content (AvgIpc) is 2.29. The molecule has 0 atom stereocenters. The lowest BCUT2D eigenvalue weighted by molar-refractivity contribution is 0.782. The number of unbranched alkanes of at least 4 members (excludes halogenated alkanes) is 1. The Labute approximate surface area is 91.2 Å². The van der Waals surface area contributed by atoms with Crippen LogP contribution in [0.15, 0.2) is 30.5 Å².